The lowest BCUT2D eigenvalue weighted by Gasteiger charge is -2.15. The smallest absolute Gasteiger partial charge is 0.257 e. The van der Waals surface area contributed by atoms with E-state index in [2.05, 4.69) is 10.3 Å². The van der Waals surface area contributed by atoms with E-state index in [1.165, 1.54) is 0 Å². The van der Waals surface area contributed by atoms with Crippen molar-refractivity contribution in [1.82, 2.24) is 4.98 Å². The SMILES string of the molecule is CCc1nc2ccccc2c(C)c1C(=O)Nc1cc(C)ccc1OC. The molecule has 3 rings (SSSR count). The summed E-state index contributed by atoms with van der Waals surface area (Å²) in [5.74, 6) is 0.486. The molecule has 0 saturated carbocycles. The van der Waals surface area contributed by atoms with Crippen molar-refractivity contribution >= 4 is 22.5 Å². The monoisotopic (exact) mass is 334 g/mol. The molecular formula is C21H22N2O2. The number of fused-ring (bicyclic) bond motifs is 1. The number of aryl methyl sites for hydroxylation is 3. The van der Waals surface area contributed by atoms with Gasteiger partial charge in [0.1, 0.15) is 5.75 Å². The van der Waals surface area contributed by atoms with Gasteiger partial charge in [-0.25, -0.2) is 0 Å². The van der Waals surface area contributed by atoms with Gasteiger partial charge in [0.15, 0.2) is 0 Å². The Balaban J connectivity index is 2.08. The van der Waals surface area contributed by atoms with E-state index in [9.17, 15) is 4.79 Å². The fourth-order valence-corrected chi connectivity index (χ4v) is 3.10. The van der Waals surface area contributed by atoms with Crippen LogP contribution in [0.5, 0.6) is 5.75 Å². The number of hydrogen-bond acceptors (Lipinski definition) is 3. The third-order valence-corrected chi connectivity index (χ3v) is 4.39. The molecule has 0 radical (unpaired) electrons. The Morgan fingerprint density at radius 2 is 1.92 bits per heavy atom. The van der Waals surface area contributed by atoms with Crippen LogP contribution in [0.3, 0.4) is 0 Å². The van der Waals surface area contributed by atoms with Gasteiger partial charge in [0.2, 0.25) is 0 Å². The van der Waals surface area contributed by atoms with Crippen molar-refractivity contribution in [3.8, 4) is 5.75 Å². The first-order valence-corrected chi connectivity index (χ1v) is 8.39. The van der Waals surface area contributed by atoms with Crippen molar-refractivity contribution in [3.05, 3.63) is 64.8 Å². The van der Waals surface area contributed by atoms with Crippen LogP contribution in [0.25, 0.3) is 10.9 Å². The van der Waals surface area contributed by atoms with Crippen LogP contribution in [-0.4, -0.2) is 18.0 Å². The van der Waals surface area contributed by atoms with E-state index in [-0.39, 0.29) is 5.91 Å². The molecule has 0 aliphatic rings. The molecule has 4 heteroatoms. The van der Waals surface area contributed by atoms with E-state index < -0.39 is 0 Å². The number of rotatable bonds is 4. The van der Waals surface area contributed by atoms with Crippen LogP contribution in [0.4, 0.5) is 5.69 Å². The summed E-state index contributed by atoms with van der Waals surface area (Å²) >= 11 is 0. The summed E-state index contributed by atoms with van der Waals surface area (Å²) in [5, 5.41) is 4.00. The molecule has 2 aromatic carbocycles. The van der Waals surface area contributed by atoms with E-state index in [0.717, 1.165) is 27.7 Å². The average Bonchev–Trinajstić information content (AvgIpc) is 2.61. The van der Waals surface area contributed by atoms with Gasteiger partial charge in [0.05, 0.1) is 29.6 Å². The number of carbonyl (C=O) groups excluding carboxylic acids is 1. The number of para-hydroxylation sites is 1. The Morgan fingerprint density at radius 3 is 2.64 bits per heavy atom. The molecule has 3 aromatic rings. The third-order valence-electron chi connectivity index (χ3n) is 4.39. The van der Waals surface area contributed by atoms with Gasteiger partial charge >= 0.3 is 0 Å². The molecule has 1 N–H and O–H groups in total. The van der Waals surface area contributed by atoms with Gasteiger partial charge in [0, 0.05) is 5.39 Å². The Kier molecular flexibility index (Phi) is 4.70. The van der Waals surface area contributed by atoms with E-state index in [0.29, 0.717) is 23.4 Å². The molecule has 128 valence electrons. The summed E-state index contributed by atoms with van der Waals surface area (Å²) in [4.78, 5) is 17.7. The third kappa shape index (κ3) is 3.20. The molecule has 25 heavy (non-hydrogen) atoms. The van der Waals surface area contributed by atoms with Gasteiger partial charge in [-0.05, 0) is 49.6 Å². The number of methoxy groups -OCH3 is 1. The standard InChI is InChI=1S/C21H22N2O2/c1-5-16-20(14(3)15-8-6-7-9-17(15)22-16)21(24)23-18-12-13(2)10-11-19(18)25-4/h6-12H,5H2,1-4H3,(H,23,24). The van der Waals surface area contributed by atoms with Crippen LogP contribution >= 0.6 is 0 Å². The number of hydrogen-bond donors (Lipinski definition) is 1. The van der Waals surface area contributed by atoms with Gasteiger partial charge in [-0.15, -0.1) is 0 Å². The molecule has 1 amide bonds. The summed E-state index contributed by atoms with van der Waals surface area (Å²) in [6, 6.07) is 13.6. The molecule has 0 aliphatic carbocycles. The second-order valence-corrected chi connectivity index (χ2v) is 6.09. The highest BCUT2D eigenvalue weighted by Crippen LogP contribution is 2.28. The largest absolute Gasteiger partial charge is 0.495 e. The van der Waals surface area contributed by atoms with E-state index in [1.54, 1.807) is 7.11 Å². The lowest BCUT2D eigenvalue weighted by atomic mass is 9.99. The van der Waals surface area contributed by atoms with Crippen molar-refractivity contribution in [2.75, 3.05) is 12.4 Å². The first kappa shape index (κ1) is 17.0. The van der Waals surface area contributed by atoms with Gasteiger partial charge < -0.3 is 10.1 Å². The number of carbonyl (C=O) groups is 1. The van der Waals surface area contributed by atoms with Crippen molar-refractivity contribution < 1.29 is 9.53 Å². The molecule has 0 bridgehead atoms. The zero-order valence-corrected chi connectivity index (χ0v) is 15.0. The summed E-state index contributed by atoms with van der Waals surface area (Å²) in [7, 11) is 1.60. The Hall–Kier alpha value is -2.88. The normalized spacial score (nSPS) is 10.7. The Labute approximate surface area is 147 Å². The molecule has 1 heterocycles. The maximum Gasteiger partial charge on any atom is 0.257 e. The van der Waals surface area contributed by atoms with Gasteiger partial charge in [-0.1, -0.05) is 31.2 Å². The Morgan fingerprint density at radius 1 is 1.16 bits per heavy atom. The first-order chi connectivity index (χ1) is 12.0. The first-order valence-electron chi connectivity index (χ1n) is 8.39. The second-order valence-electron chi connectivity index (χ2n) is 6.09. The number of aromatic nitrogens is 1. The van der Waals surface area contributed by atoms with E-state index in [1.807, 2.05) is 63.2 Å². The number of nitrogens with one attached hydrogen (secondary N) is 1. The van der Waals surface area contributed by atoms with Gasteiger partial charge in [-0.2, -0.15) is 0 Å². The minimum Gasteiger partial charge on any atom is -0.495 e. The molecule has 0 spiro atoms. The maximum absolute atomic E-state index is 13.0. The van der Waals surface area contributed by atoms with Crippen LogP contribution in [0, 0.1) is 13.8 Å². The van der Waals surface area contributed by atoms with Crippen LogP contribution in [0.15, 0.2) is 42.5 Å². The van der Waals surface area contributed by atoms with E-state index >= 15 is 0 Å². The highest BCUT2D eigenvalue weighted by Gasteiger charge is 2.19. The number of nitrogens with zero attached hydrogens (tertiary/aromatic N) is 1. The van der Waals surface area contributed by atoms with Gasteiger partial charge in [-0.3, -0.25) is 9.78 Å². The highest BCUT2D eigenvalue weighted by atomic mass is 16.5. The second kappa shape index (κ2) is 6.93. The summed E-state index contributed by atoms with van der Waals surface area (Å²) < 4.78 is 5.36. The number of pyridine rings is 1. The molecule has 0 saturated heterocycles. The zero-order valence-electron chi connectivity index (χ0n) is 15.0. The highest BCUT2D eigenvalue weighted by molar-refractivity contribution is 6.09. The van der Waals surface area contributed by atoms with Crippen molar-refractivity contribution in [1.29, 1.82) is 0 Å². The zero-order chi connectivity index (χ0) is 18.0. The van der Waals surface area contributed by atoms with Crippen molar-refractivity contribution in [3.63, 3.8) is 0 Å². The van der Waals surface area contributed by atoms with Gasteiger partial charge in [0.25, 0.3) is 5.91 Å². The lowest BCUT2D eigenvalue weighted by Crippen LogP contribution is -2.17. The Bertz CT molecular complexity index is 948. The maximum atomic E-state index is 13.0. The predicted octanol–water partition coefficient (Wildman–Crippen LogP) is 4.67. The average molecular weight is 334 g/mol. The number of amides is 1. The number of benzene rings is 2. The van der Waals surface area contributed by atoms with Crippen LogP contribution < -0.4 is 10.1 Å². The minimum atomic E-state index is -0.156. The number of anilines is 1. The summed E-state index contributed by atoms with van der Waals surface area (Å²) in [5.41, 5.74) is 5.04. The van der Waals surface area contributed by atoms with Crippen molar-refractivity contribution in [2.45, 2.75) is 27.2 Å². The summed E-state index contributed by atoms with van der Waals surface area (Å²) in [6.45, 7) is 5.97. The van der Waals surface area contributed by atoms with Crippen LogP contribution in [0.1, 0.15) is 34.1 Å². The molecule has 4 nitrogen and oxygen atoms in total. The lowest BCUT2D eigenvalue weighted by molar-refractivity contribution is 0.102. The quantitative estimate of drug-likeness (QED) is 0.754. The molecular weight excluding hydrogens is 312 g/mol. The molecule has 0 unspecified atom stereocenters. The minimum absolute atomic E-state index is 0.156. The molecule has 0 fully saturated rings. The summed E-state index contributed by atoms with van der Waals surface area (Å²) in [6.07, 6.45) is 0.694. The van der Waals surface area contributed by atoms with E-state index in [4.69, 9.17) is 4.74 Å². The molecule has 0 atom stereocenters. The van der Waals surface area contributed by atoms with Crippen LogP contribution in [0.2, 0.25) is 0 Å². The topological polar surface area (TPSA) is 51.2 Å². The molecule has 0 aliphatic heterocycles. The van der Waals surface area contributed by atoms with Crippen molar-refractivity contribution in [2.24, 2.45) is 0 Å². The fraction of sp³-hybridized carbons (Fsp3) is 0.238. The van der Waals surface area contributed by atoms with Crippen LogP contribution in [-0.2, 0) is 6.42 Å². The molecule has 1 aromatic heterocycles. The predicted molar refractivity (Wildman–Crippen MR) is 102 cm³/mol. The number of ether oxygens (including phenoxy) is 1. The fourth-order valence-electron chi connectivity index (χ4n) is 3.10.